The molecule has 0 spiro atoms. The van der Waals surface area contributed by atoms with Crippen molar-refractivity contribution in [1.82, 2.24) is 0 Å². The van der Waals surface area contributed by atoms with Gasteiger partial charge in [0, 0.05) is 6.61 Å². The molecule has 0 amide bonds. The van der Waals surface area contributed by atoms with Crippen LogP contribution in [0.25, 0.3) is 0 Å². The molecule has 0 aromatic carbocycles. The van der Waals surface area contributed by atoms with Gasteiger partial charge in [-0.3, -0.25) is 0 Å². The van der Waals surface area contributed by atoms with E-state index in [1.165, 1.54) is 0 Å². The second kappa shape index (κ2) is 23.5. The average Bonchev–Trinajstić information content (AvgIpc) is 1.61. The normalized spacial score (nSPS) is 6.00. The molecule has 0 aliphatic rings. The monoisotopic (exact) mass is 170 g/mol. The molecule has 0 heterocycles. The van der Waals surface area contributed by atoms with E-state index in [9.17, 15) is 0 Å². The summed E-state index contributed by atoms with van der Waals surface area (Å²) in [5.74, 6) is 0. The van der Waals surface area contributed by atoms with Gasteiger partial charge < -0.3 is 20.8 Å². The maximum absolute atomic E-state index is 8.07. The van der Waals surface area contributed by atoms with E-state index < -0.39 is 0 Å². The van der Waals surface area contributed by atoms with Crippen molar-refractivity contribution in [2.75, 3.05) is 19.8 Å². The second-order valence-electron chi connectivity index (χ2n) is 0.921. The zero-order valence-electron chi connectivity index (χ0n) is 5.29. The molecule has 54 valence electrons. The summed E-state index contributed by atoms with van der Waals surface area (Å²) >= 11 is 0. The first-order valence-corrected chi connectivity index (χ1v) is 2.10. The van der Waals surface area contributed by atoms with Crippen molar-refractivity contribution in [3.05, 3.63) is 0 Å². The first-order chi connectivity index (χ1) is 2.91. The SMILES string of the molecule is CCOCCO.[O-2].[O-2].[Ti+4]. The number of aliphatic hydroxyl groups excluding tert-OH is 1. The average molecular weight is 170 g/mol. The number of ether oxygens (including phenoxy) is 1. The van der Waals surface area contributed by atoms with Crippen LogP contribution in [0.2, 0.25) is 0 Å². The Morgan fingerprint density at radius 3 is 1.89 bits per heavy atom. The fraction of sp³-hybridized carbons (Fsp3) is 1.00. The van der Waals surface area contributed by atoms with Gasteiger partial charge in [0.25, 0.3) is 0 Å². The van der Waals surface area contributed by atoms with E-state index in [2.05, 4.69) is 0 Å². The molecule has 0 unspecified atom stereocenters. The summed E-state index contributed by atoms with van der Waals surface area (Å²) in [4.78, 5) is 0. The molecule has 9 heavy (non-hydrogen) atoms. The third kappa shape index (κ3) is 29.1. The van der Waals surface area contributed by atoms with Crippen LogP contribution in [0, 0.1) is 0 Å². The van der Waals surface area contributed by atoms with E-state index in [4.69, 9.17) is 9.84 Å². The third-order valence-corrected chi connectivity index (χ3v) is 0.440. The van der Waals surface area contributed by atoms with Crippen LogP contribution >= 0.6 is 0 Å². The molecule has 0 radical (unpaired) electrons. The van der Waals surface area contributed by atoms with Gasteiger partial charge in [-0.05, 0) is 6.92 Å². The van der Waals surface area contributed by atoms with Gasteiger partial charge >= 0.3 is 21.7 Å². The Hall–Kier alpha value is 0.554. The molecule has 5 heteroatoms. The molecular formula is C4H10O4Ti. The molecule has 4 nitrogen and oxygen atoms in total. The molecule has 0 aromatic heterocycles. The Labute approximate surface area is 69.7 Å². The Balaban J connectivity index is -0.0000000417. The topological polar surface area (TPSA) is 86.5 Å². The van der Waals surface area contributed by atoms with E-state index in [1.54, 1.807) is 0 Å². The van der Waals surface area contributed by atoms with E-state index >= 15 is 0 Å². The Kier molecular flexibility index (Phi) is 59.3. The molecular weight excluding hydrogens is 160 g/mol. The summed E-state index contributed by atoms with van der Waals surface area (Å²) in [6.45, 7) is 3.20. The largest absolute Gasteiger partial charge is 4.00 e. The van der Waals surface area contributed by atoms with Gasteiger partial charge in [0.15, 0.2) is 0 Å². The van der Waals surface area contributed by atoms with Crippen LogP contribution in [0.4, 0.5) is 0 Å². The molecule has 0 aliphatic heterocycles. The minimum Gasteiger partial charge on any atom is -2.00 e. The second-order valence-corrected chi connectivity index (χ2v) is 0.921. The Morgan fingerprint density at radius 2 is 1.78 bits per heavy atom. The van der Waals surface area contributed by atoms with Crippen molar-refractivity contribution in [2.45, 2.75) is 6.92 Å². The minimum absolute atomic E-state index is 0. The zero-order valence-corrected chi connectivity index (χ0v) is 6.85. The molecule has 0 atom stereocenters. The number of hydrogen-bond acceptors (Lipinski definition) is 2. The summed E-state index contributed by atoms with van der Waals surface area (Å²) in [6, 6.07) is 0. The predicted molar refractivity (Wildman–Crippen MR) is 25.0 cm³/mol. The van der Waals surface area contributed by atoms with Gasteiger partial charge in [-0.2, -0.15) is 0 Å². The van der Waals surface area contributed by atoms with Gasteiger partial charge in [0.05, 0.1) is 13.2 Å². The van der Waals surface area contributed by atoms with Crippen LogP contribution in [-0.2, 0) is 37.4 Å². The van der Waals surface area contributed by atoms with Gasteiger partial charge in [0.1, 0.15) is 0 Å². The molecule has 0 saturated heterocycles. The summed E-state index contributed by atoms with van der Waals surface area (Å²) in [7, 11) is 0. The minimum atomic E-state index is 0. The van der Waals surface area contributed by atoms with Crippen molar-refractivity contribution in [2.24, 2.45) is 0 Å². The van der Waals surface area contributed by atoms with Crippen LogP contribution < -0.4 is 0 Å². The fourth-order valence-electron chi connectivity index (χ4n) is 0.209. The molecule has 1 N–H and O–H groups in total. The number of hydrogen-bond donors (Lipinski definition) is 1. The molecule has 0 aromatic rings. The van der Waals surface area contributed by atoms with Gasteiger partial charge in [-0.25, -0.2) is 0 Å². The van der Waals surface area contributed by atoms with Gasteiger partial charge in [-0.1, -0.05) is 0 Å². The van der Waals surface area contributed by atoms with Crippen LogP contribution in [0.3, 0.4) is 0 Å². The number of aliphatic hydroxyl groups is 1. The fourth-order valence-corrected chi connectivity index (χ4v) is 0.209. The van der Waals surface area contributed by atoms with E-state index in [0.29, 0.717) is 13.2 Å². The van der Waals surface area contributed by atoms with Crippen molar-refractivity contribution in [3.63, 3.8) is 0 Å². The first-order valence-electron chi connectivity index (χ1n) is 2.10. The molecule has 0 bridgehead atoms. The quantitative estimate of drug-likeness (QED) is 0.468. The van der Waals surface area contributed by atoms with E-state index in [-0.39, 0.29) is 39.3 Å². The van der Waals surface area contributed by atoms with Crippen LogP contribution in [-0.4, -0.2) is 24.9 Å². The maximum Gasteiger partial charge on any atom is 4.00 e. The summed E-state index contributed by atoms with van der Waals surface area (Å²) in [5.41, 5.74) is 0. The first kappa shape index (κ1) is 22.7. The number of rotatable bonds is 3. The smallest absolute Gasteiger partial charge is 2.00 e. The van der Waals surface area contributed by atoms with E-state index in [0.717, 1.165) is 0 Å². The molecule has 0 saturated carbocycles. The summed E-state index contributed by atoms with van der Waals surface area (Å²) < 4.78 is 4.73. The summed E-state index contributed by atoms with van der Waals surface area (Å²) in [5, 5.41) is 8.07. The van der Waals surface area contributed by atoms with Gasteiger partial charge in [-0.15, -0.1) is 0 Å². The van der Waals surface area contributed by atoms with E-state index in [1.807, 2.05) is 6.92 Å². The van der Waals surface area contributed by atoms with Crippen LogP contribution in [0.5, 0.6) is 0 Å². The third-order valence-electron chi connectivity index (χ3n) is 0.440. The summed E-state index contributed by atoms with van der Waals surface area (Å²) in [6.07, 6.45) is 0. The van der Waals surface area contributed by atoms with Crippen LogP contribution in [0.1, 0.15) is 6.92 Å². The molecule has 0 aliphatic carbocycles. The zero-order chi connectivity index (χ0) is 4.83. The standard InChI is InChI=1S/C4H10O2.2O.Ti/c1-2-6-4-3-5;;;/h5H,2-4H2,1H3;;;/q;2*-2;+4. The van der Waals surface area contributed by atoms with Crippen molar-refractivity contribution >= 4 is 0 Å². The molecule has 0 rings (SSSR count). The Morgan fingerprint density at radius 1 is 1.33 bits per heavy atom. The Bertz CT molecular complexity index is 24.5. The van der Waals surface area contributed by atoms with Crippen molar-refractivity contribution < 1.29 is 42.5 Å². The molecule has 0 fully saturated rings. The van der Waals surface area contributed by atoms with Crippen molar-refractivity contribution in [3.8, 4) is 0 Å². The van der Waals surface area contributed by atoms with Crippen molar-refractivity contribution in [1.29, 1.82) is 0 Å². The maximum atomic E-state index is 8.07. The van der Waals surface area contributed by atoms with Crippen LogP contribution in [0.15, 0.2) is 0 Å². The predicted octanol–water partition coefficient (Wildman–Crippen LogP) is -0.225. The van der Waals surface area contributed by atoms with Gasteiger partial charge in [0.2, 0.25) is 0 Å².